The van der Waals surface area contributed by atoms with Gasteiger partial charge in [-0.3, -0.25) is 4.79 Å². The van der Waals surface area contributed by atoms with Crippen LogP contribution in [-0.4, -0.2) is 35.4 Å². The number of carbonyl (C=O) groups is 1. The first-order valence-electron chi connectivity index (χ1n) is 9.56. The maximum absolute atomic E-state index is 12.7. The van der Waals surface area contributed by atoms with E-state index in [2.05, 4.69) is 9.97 Å². The Hall–Kier alpha value is -3.62. The van der Waals surface area contributed by atoms with Crippen LogP contribution in [0.15, 0.2) is 60.8 Å². The number of aldehydes is 1. The number of pyridine rings is 2. The number of anilines is 1. The molecule has 3 aromatic rings. The minimum absolute atomic E-state index is 0.125. The van der Waals surface area contributed by atoms with Gasteiger partial charge in [-0.25, -0.2) is 9.97 Å². The zero-order valence-electron chi connectivity index (χ0n) is 16.2. The predicted octanol–water partition coefficient (Wildman–Crippen LogP) is 4.76. The van der Waals surface area contributed by atoms with Crippen LogP contribution in [0, 0.1) is 0 Å². The van der Waals surface area contributed by atoms with Crippen LogP contribution in [0.3, 0.4) is 0 Å². The molecule has 0 aliphatic carbocycles. The first kappa shape index (κ1) is 20.6. The lowest BCUT2D eigenvalue weighted by Crippen LogP contribution is -2.26. The number of carbonyl (C=O) groups excluding carboxylic acids is 1. The van der Waals surface area contributed by atoms with E-state index in [1.165, 1.54) is 6.07 Å². The van der Waals surface area contributed by atoms with E-state index in [0.717, 1.165) is 12.3 Å². The van der Waals surface area contributed by atoms with Crippen LogP contribution in [0.4, 0.5) is 18.9 Å². The van der Waals surface area contributed by atoms with Gasteiger partial charge < -0.3 is 14.4 Å². The molecule has 0 spiro atoms. The Morgan fingerprint density at radius 3 is 2.48 bits per heavy atom. The molecule has 1 aliphatic heterocycles. The fourth-order valence-electron chi connectivity index (χ4n) is 3.30. The van der Waals surface area contributed by atoms with Crippen LogP contribution < -0.4 is 14.4 Å². The summed E-state index contributed by atoms with van der Waals surface area (Å²) in [6.07, 6.45) is -2.67. The molecule has 0 bridgehead atoms. The van der Waals surface area contributed by atoms with E-state index in [9.17, 15) is 18.0 Å². The van der Waals surface area contributed by atoms with E-state index in [0.29, 0.717) is 43.1 Å². The number of hydrogen-bond acceptors (Lipinski definition) is 6. The second-order valence-corrected chi connectivity index (χ2v) is 6.94. The summed E-state index contributed by atoms with van der Waals surface area (Å²) < 4.78 is 49.4. The van der Waals surface area contributed by atoms with Crippen LogP contribution in [0.2, 0.25) is 0 Å². The molecule has 1 saturated heterocycles. The number of nitrogens with zero attached hydrogens (tertiary/aromatic N) is 3. The highest BCUT2D eigenvalue weighted by molar-refractivity contribution is 5.82. The third kappa shape index (κ3) is 4.93. The average Bonchev–Trinajstić information content (AvgIpc) is 3.22. The Labute approximate surface area is 176 Å². The molecule has 160 valence electrons. The summed E-state index contributed by atoms with van der Waals surface area (Å²) in [6.45, 7) is 1.05. The van der Waals surface area contributed by atoms with Crippen molar-refractivity contribution in [1.29, 1.82) is 0 Å². The molecule has 6 nitrogen and oxygen atoms in total. The molecule has 1 aliphatic rings. The van der Waals surface area contributed by atoms with Gasteiger partial charge in [0.1, 0.15) is 17.5 Å². The minimum Gasteiger partial charge on any atom is -0.472 e. The van der Waals surface area contributed by atoms with E-state index < -0.39 is 11.7 Å². The van der Waals surface area contributed by atoms with Crippen LogP contribution in [-0.2, 0) is 6.18 Å². The highest BCUT2D eigenvalue weighted by Gasteiger charge is 2.31. The molecule has 0 saturated carbocycles. The lowest BCUT2D eigenvalue weighted by atomic mass is 10.2. The van der Waals surface area contributed by atoms with Gasteiger partial charge in [0.05, 0.1) is 17.8 Å². The molecule has 2 aromatic heterocycles. The Morgan fingerprint density at radius 2 is 1.81 bits per heavy atom. The van der Waals surface area contributed by atoms with Gasteiger partial charge in [0.25, 0.3) is 0 Å². The van der Waals surface area contributed by atoms with Crippen LogP contribution in [0.5, 0.6) is 17.5 Å². The number of hydrogen-bond donors (Lipinski definition) is 0. The molecule has 1 unspecified atom stereocenters. The third-order valence-corrected chi connectivity index (χ3v) is 4.79. The number of para-hydroxylation sites is 1. The van der Waals surface area contributed by atoms with E-state index in [1.54, 1.807) is 24.3 Å². The van der Waals surface area contributed by atoms with Gasteiger partial charge in [0.2, 0.25) is 11.8 Å². The van der Waals surface area contributed by atoms with Crippen LogP contribution in [0.1, 0.15) is 22.5 Å². The summed E-state index contributed by atoms with van der Waals surface area (Å²) >= 11 is 0. The first-order valence-corrected chi connectivity index (χ1v) is 9.56. The second-order valence-electron chi connectivity index (χ2n) is 6.94. The summed E-state index contributed by atoms with van der Waals surface area (Å²) in [7, 11) is 0. The number of benzene rings is 1. The maximum Gasteiger partial charge on any atom is 0.417 e. The van der Waals surface area contributed by atoms with Gasteiger partial charge in [-0.05, 0) is 24.3 Å². The van der Waals surface area contributed by atoms with Crippen molar-refractivity contribution >= 4 is 12.0 Å². The maximum atomic E-state index is 12.7. The van der Waals surface area contributed by atoms with E-state index in [-0.39, 0.29) is 17.7 Å². The minimum atomic E-state index is -4.44. The quantitative estimate of drug-likeness (QED) is 0.527. The van der Waals surface area contributed by atoms with Crippen molar-refractivity contribution in [2.24, 2.45) is 0 Å². The number of rotatable bonds is 6. The van der Waals surface area contributed by atoms with Gasteiger partial charge in [-0.2, -0.15) is 13.2 Å². The summed E-state index contributed by atoms with van der Waals surface area (Å²) in [5.41, 5.74) is 0.0519. The Balaban J connectivity index is 1.42. The lowest BCUT2D eigenvalue weighted by molar-refractivity contribution is -0.137. The standard InChI is InChI=1S/C22H18F3N3O3/c23-22(24,25)15-6-8-20(26-12-15)31-17-10-11-28(13-17)19-7-9-21(27-18(19)14-29)30-16-4-2-1-3-5-16/h1-9,12,14,17H,10-11,13H2. The number of halogens is 3. The van der Waals surface area contributed by atoms with Crippen molar-refractivity contribution in [3.05, 3.63) is 72.1 Å². The Morgan fingerprint density at radius 1 is 1.03 bits per heavy atom. The largest absolute Gasteiger partial charge is 0.472 e. The van der Waals surface area contributed by atoms with Crippen LogP contribution in [0.25, 0.3) is 0 Å². The van der Waals surface area contributed by atoms with Gasteiger partial charge in [-0.15, -0.1) is 0 Å². The predicted molar refractivity (Wildman–Crippen MR) is 107 cm³/mol. The Bertz CT molecular complexity index is 1040. The van der Waals surface area contributed by atoms with Crippen molar-refractivity contribution < 1.29 is 27.4 Å². The summed E-state index contributed by atoms with van der Waals surface area (Å²) in [4.78, 5) is 21.6. The second kappa shape index (κ2) is 8.63. The smallest absolute Gasteiger partial charge is 0.417 e. The molecule has 9 heteroatoms. The summed E-state index contributed by atoms with van der Waals surface area (Å²) in [5, 5.41) is 0. The highest BCUT2D eigenvalue weighted by Crippen LogP contribution is 2.31. The normalized spacial score (nSPS) is 16.2. The monoisotopic (exact) mass is 429 g/mol. The fraction of sp³-hybridized carbons (Fsp3) is 0.227. The molecule has 0 N–H and O–H groups in total. The van der Waals surface area contributed by atoms with E-state index >= 15 is 0 Å². The van der Waals surface area contributed by atoms with Gasteiger partial charge in [-0.1, -0.05) is 18.2 Å². The Kier molecular flexibility index (Phi) is 5.75. The van der Waals surface area contributed by atoms with Crippen molar-refractivity contribution in [2.75, 3.05) is 18.0 Å². The van der Waals surface area contributed by atoms with Gasteiger partial charge in [0, 0.05) is 31.3 Å². The zero-order chi connectivity index (χ0) is 21.8. The fourth-order valence-corrected chi connectivity index (χ4v) is 3.30. The van der Waals surface area contributed by atoms with E-state index in [4.69, 9.17) is 9.47 Å². The molecule has 31 heavy (non-hydrogen) atoms. The van der Waals surface area contributed by atoms with Crippen molar-refractivity contribution in [3.8, 4) is 17.5 Å². The number of alkyl halides is 3. The van der Waals surface area contributed by atoms with E-state index in [1.807, 2.05) is 23.1 Å². The van der Waals surface area contributed by atoms with Gasteiger partial charge in [0.15, 0.2) is 6.29 Å². The molecule has 1 aromatic carbocycles. The summed E-state index contributed by atoms with van der Waals surface area (Å²) in [6, 6.07) is 14.7. The number of ether oxygens (including phenoxy) is 2. The average molecular weight is 429 g/mol. The molecular formula is C22H18F3N3O3. The molecule has 4 rings (SSSR count). The third-order valence-electron chi connectivity index (χ3n) is 4.79. The lowest BCUT2D eigenvalue weighted by Gasteiger charge is -2.20. The highest BCUT2D eigenvalue weighted by atomic mass is 19.4. The molecule has 3 heterocycles. The molecule has 0 radical (unpaired) electrons. The number of aromatic nitrogens is 2. The molecule has 0 amide bonds. The first-order chi connectivity index (χ1) is 14.9. The zero-order valence-corrected chi connectivity index (χ0v) is 16.2. The molecule has 1 atom stereocenters. The van der Waals surface area contributed by atoms with Crippen molar-refractivity contribution in [2.45, 2.75) is 18.7 Å². The summed E-state index contributed by atoms with van der Waals surface area (Å²) in [5.74, 6) is 1.04. The SMILES string of the molecule is O=Cc1nc(Oc2ccccc2)ccc1N1CCC(Oc2ccc(C(F)(F)F)cn2)C1. The van der Waals surface area contributed by atoms with Crippen molar-refractivity contribution in [3.63, 3.8) is 0 Å². The van der Waals surface area contributed by atoms with Crippen molar-refractivity contribution in [1.82, 2.24) is 9.97 Å². The molecular weight excluding hydrogens is 411 g/mol. The topological polar surface area (TPSA) is 64.5 Å². The van der Waals surface area contributed by atoms with Crippen LogP contribution >= 0.6 is 0 Å². The van der Waals surface area contributed by atoms with Gasteiger partial charge >= 0.3 is 6.18 Å². The molecule has 1 fully saturated rings.